The summed E-state index contributed by atoms with van der Waals surface area (Å²) < 4.78 is 12.5. The molecule has 1 aliphatic carbocycles. The van der Waals surface area contributed by atoms with E-state index in [2.05, 4.69) is 0 Å². The number of hydrogen-bond donors (Lipinski definition) is 3. The summed E-state index contributed by atoms with van der Waals surface area (Å²) in [6.07, 6.45) is -0.182. The fraction of sp³-hybridized carbons (Fsp3) is 0.200. The van der Waals surface area contributed by atoms with Gasteiger partial charge in [0.1, 0.15) is 23.0 Å². The molecule has 0 radical (unpaired) electrons. The van der Waals surface area contributed by atoms with Crippen molar-refractivity contribution in [2.75, 3.05) is 0 Å². The van der Waals surface area contributed by atoms with E-state index in [1.165, 1.54) is 12.1 Å². The fourth-order valence-corrected chi connectivity index (χ4v) is 3.95. The Morgan fingerprint density at radius 1 is 0.880 bits per heavy atom. The van der Waals surface area contributed by atoms with Gasteiger partial charge < -0.3 is 24.8 Å². The van der Waals surface area contributed by atoms with Crippen molar-refractivity contribution in [3.8, 4) is 23.0 Å². The van der Waals surface area contributed by atoms with Crippen LogP contribution in [-0.2, 0) is 5.79 Å². The van der Waals surface area contributed by atoms with Crippen LogP contribution in [0.1, 0.15) is 30.1 Å². The van der Waals surface area contributed by atoms with Crippen molar-refractivity contribution < 1.29 is 24.8 Å². The Bertz CT molecular complexity index is 970. The molecule has 3 aromatic rings. The van der Waals surface area contributed by atoms with Gasteiger partial charge in [-0.3, -0.25) is 0 Å². The maximum Gasteiger partial charge on any atom is 0.282 e. The van der Waals surface area contributed by atoms with Crippen molar-refractivity contribution in [1.29, 1.82) is 0 Å². The van der Waals surface area contributed by atoms with Gasteiger partial charge in [0.15, 0.2) is 0 Å². The van der Waals surface area contributed by atoms with Crippen LogP contribution in [0.4, 0.5) is 0 Å². The minimum Gasteiger partial charge on any atom is -0.508 e. The van der Waals surface area contributed by atoms with Crippen LogP contribution in [0.15, 0.2) is 48.5 Å². The Kier molecular flexibility index (Phi) is 2.77. The van der Waals surface area contributed by atoms with Crippen molar-refractivity contribution >= 4 is 10.8 Å². The third kappa shape index (κ3) is 1.87. The lowest BCUT2D eigenvalue weighted by Crippen LogP contribution is -2.45. The van der Waals surface area contributed by atoms with E-state index in [4.69, 9.17) is 9.47 Å². The fourth-order valence-electron chi connectivity index (χ4n) is 3.95. The number of ether oxygens (including phenoxy) is 2. The molecule has 5 heteroatoms. The maximum atomic E-state index is 10.5. The molecular weight excluding hydrogens is 320 g/mol. The van der Waals surface area contributed by atoms with E-state index >= 15 is 0 Å². The van der Waals surface area contributed by atoms with Gasteiger partial charge in [-0.1, -0.05) is 24.3 Å². The number of phenolic OH excluding ortho intramolecular Hbond substituents is 2. The van der Waals surface area contributed by atoms with E-state index in [1.54, 1.807) is 0 Å². The molecule has 0 saturated heterocycles. The van der Waals surface area contributed by atoms with Crippen LogP contribution in [0, 0.1) is 0 Å². The smallest absolute Gasteiger partial charge is 0.282 e. The molecule has 1 heterocycles. The van der Waals surface area contributed by atoms with Crippen LogP contribution in [0.3, 0.4) is 0 Å². The number of aliphatic hydroxyl groups is 1. The second-order valence-electron chi connectivity index (χ2n) is 6.51. The quantitative estimate of drug-likeness (QED) is 0.546. The Balaban J connectivity index is 1.78. The van der Waals surface area contributed by atoms with Crippen molar-refractivity contribution in [2.45, 2.75) is 24.7 Å². The monoisotopic (exact) mass is 336 g/mol. The first-order valence-electron chi connectivity index (χ1n) is 8.22. The van der Waals surface area contributed by atoms with E-state index in [0.29, 0.717) is 24.3 Å². The van der Waals surface area contributed by atoms with Crippen LogP contribution in [0.25, 0.3) is 10.8 Å². The van der Waals surface area contributed by atoms with E-state index in [-0.39, 0.29) is 22.6 Å². The lowest BCUT2D eigenvalue weighted by atomic mass is 9.82. The predicted octanol–water partition coefficient (Wildman–Crippen LogP) is 3.70. The zero-order valence-electron chi connectivity index (χ0n) is 13.3. The molecule has 0 amide bonds. The van der Waals surface area contributed by atoms with Crippen molar-refractivity contribution in [2.24, 2.45) is 0 Å². The van der Waals surface area contributed by atoms with Gasteiger partial charge in [-0.05, 0) is 36.1 Å². The Hall–Kier alpha value is -2.92. The molecule has 3 N–H and O–H groups in total. The lowest BCUT2D eigenvalue weighted by molar-refractivity contribution is -0.148. The summed E-state index contributed by atoms with van der Waals surface area (Å²) in [7, 11) is 0. The SMILES string of the molecule is Oc1ccc(O)c2c1C(O)CCC21Oc2cccc3cccc(c23)O1. The maximum absolute atomic E-state index is 10.5. The highest BCUT2D eigenvalue weighted by Crippen LogP contribution is 2.54. The molecule has 2 aliphatic rings. The van der Waals surface area contributed by atoms with Gasteiger partial charge in [0.25, 0.3) is 5.79 Å². The van der Waals surface area contributed by atoms with E-state index in [0.717, 1.165) is 10.8 Å². The topological polar surface area (TPSA) is 79.2 Å². The van der Waals surface area contributed by atoms with E-state index < -0.39 is 11.9 Å². The van der Waals surface area contributed by atoms with Gasteiger partial charge in [-0.15, -0.1) is 0 Å². The number of aliphatic hydroxyl groups excluding tert-OH is 1. The normalized spacial score (nSPS) is 20.0. The van der Waals surface area contributed by atoms with Crippen molar-refractivity contribution in [3.05, 3.63) is 59.7 Å². The summed E-state index contributed by atoms with van der Waals surface area (Å²) in [6.45, 7) is 0. The third-order valence-corrected chi connectivity index (χ3v) is 5.04. The highest BCUT2D eigenvalue weighted by atomic mass is 16.7. The first-order chi connectivity index (χ1) is 12.1. The minimum absolute atomic E-state index is 0.0712. The molecule has 0 aromatic heterocycles. The molecule has 0 fully saturated rings. The number of aromatic hydroxyl groups is 2. The third-order valence-electron chi connectivity index (χ3n) is 5.04. The van der Waals surface area contributed by atoms with Gasteiger partial charge >= 0.3 is 0 Å². The van der Waals surface area contributed by atoms with E-state index in [9.17, 15) is 15.3 Å². The lowest BCUT2D eigenvalue weighted by Gasteiger charge is -2.43. The summed E-state index contributed by atoms with van der Waals surface area (Å²) >= 11 is 0. The first kappa shape index (κ1) is 14.4. The Labute approximate surface area is 143 Å². The van der Waals surface area contributed by atoms with Crippen LogP contribution >= 0.6 is 0 Å². The van der Waals surface area contributed by atoms with Gasteiger partial charge in [0.2, 0.25) is 0 Å². The zero-order valence-corrected chi connectivity index (χ0v) is 13.3. The second-order valence-corrected chi connectivity index (χ2v) is 6.51. The highest BCUT2D eigenvalue weighted by Gasteiger charge is 2.49. The largest absolute Gasteiger partial charge is 0.508 e. The summed E-state index contributed by atoms with van der Waals surface area (Å²) in [5.41, 5.74) is 0.551. The average molecular weight is 336 g/mol. The van der Waals surface area contributed by atoms with Gasteiger partial charge in [0, 0.05) is 12.0 Å². The highest BCUT2D eigenvalue weighted by molar-refractivity contribution is 5.94. The molecule has 1 atom stereocenters. The van der Waals surface area contributed by atoms with E-state index in [1.807, 2.05) is 36.4 Å². The number of benzene rings is 3. The molecule has 25 heavy (non-hydrogen) atoms. The van der Waals surface area contributed by atoms with Gasteiger partial charge in [-0.2, -0.15) is 0 Å². The Morgan fingerprint density at radius 2 is 1.52 bits per heavy atom. The van der Waals surface area contributed by atoms with Crippen LogP contribution in [0.2, 0.25) is 0 Å². The predicted molar refractivity (Wildman–Crippen MR) is 90.8 cm³/mol. The molecule has 126 valence electrons. The van der Waals surface area contributed by atoms with Crippen LogP contribution < -0.4 is 9.47 Å². The molecule has 1 spiro atoms. The average Bonchev–Trinajstić information content (AvgIpc) is 2.61. The number of fused-ring (bicyclic) bond motifs is 2. The van der Waals surface area contributed by atoms with Crippen molar-refractivity contribution in [3.63, 3.8) is 0 Å². The summed E-state index contributed by atoms with van der Waals surface area (Å²) in [5, 5.41) is 32.9. The zero-order chi connectivity index (χ0) is 17.2. The first-order valence-corrected chi connectivity index (χ1v) is 8.22. The Morgan fingerprint density at radius 3 is 2.20 bits per heavy atom. The molecule has 0 bridgehead atoms. The van der Waals surface area contributed by atoms with Crippen LogP contribution in [0.5, 0.6) is 23.0 Å². The molecule has 3 aromatic carbocycles. The number of phenols is 2. The standard InChI is InChI=1S/C20H16O5/c21-12-7-8-14(23)19-18(12)13(22)9-10-20(19)24-15-5-1-3-11-4-2-6-16(25-20)17(11)15/h1-8,13,21-23H,9-10H2. The van der Waals surface area contributed by atoms with Gasteiger partial charge in [-0.25, -0.2) is 0 Å². The molecule has 5 nitrogen and oxygen atoms in total. The summed E-state index contributed by atoms with van der Waals surface area (Å²) in [6, 6.07) is 14.3. The molecule has 0 saturated carbocycles. The summed E-state index contributed by atoms with van der Waals surface area (Å²) in [5.74, 6) is -0.115. The molecule has 1 aliphatic heterocycles. The second kappa shape index (κ2) is 4.80. The number of rotatable bonds is 0. The number of hydrogen-bond acceptors (Lipinski definition) is 5. The molecular formula is C20H16O5. The van der Waals surface area contributed by atoms with Crippen LogP contribution in [-0.4, -0.2) is 15.3 Å². The molecule has 1 unspecified atom stereocenters. The summed E-state index contributed by atoms with van der Waals surface area (Å²) in [4.78, 5) is 0. The molecule has 5 rings (SSSR count). The minimum atomic E-state index is -1.28. The van der Waals surface area contributed by atoms with Crippen molar-refractivity contribution in [1.82, 2.24) is 0 Å². The van der Waals surface area contributed by atoms with Gasteiger partial charge in [0.05, 0.1) is 17.1 Å².